The molecule has 0 saturated heterocycles. The molecule has 0 aromatic heterocycles. The van der Waals surface area contributed by atoms with Crippen LogP contribution in [0, 0.1) is 29.1 Å². The van der Waals surface area contributed by atoms with Crippen LogP contribution in [0.5, 0.6) is 0 Å². The van der Waals surface area contributed by atoms with Gasteiger partial charge in [-0.15, -0.1) is 0 Å². The molecule has 60 valence electrons. The zero-order valence-electron chi connectivity index (χ0n) is 6.84. The van der Waals surface area contributed by atoms with Gasteiger partial charge in [0.25, 0.3) is 0 Å². The predicted molar refractivity (Wildman–Crippen MR) is 44.8 cm³/mol. The van der Waals surface area contributed by atoms with Crippen molar-refractivity contribution in [2.24, 2.45) is 23.7 Å². The van der Waals surface area contributed by atoms with E-state index in [2.05, 4.69) is 0 Å². The SMILES string of the molecule is N=C1C2CC3CC(C3)CC1C2. The van der Waals surface area contributed by atoms with E-state index in [0.717, 1.165) is 29.4 Å². The zero-order chi connectivity index (χ0) is 7.42. The van der Waals surface area contributed by atoms with Crippen molar-refractivity contribution in [1.29, 1.82) is 5.41 Å². The molecule has 6 saturated carbocycles. The lowest BCUT2D eigenvalue weighted by molar-refractivity contribution is 0.0963. The van der Waals surface area contributed by atoms with Crippen LogP contribution in [0.2, 0.25) is 0 Å². The molecule has 11 heavy (non-hydrogen) atoms. The molecule has 6 aliphatic rings. The number of hydrogen-bond acceptors (Lipinski definition) is 1. The van der Waals surface area contributed by atoms with E-state index in [1.165, 1.54) is 32.1 Å². The standard InChI is InChI=1S/C10H15N/c11-10-8-3-6-1-7(2-6)4-9(10)5-8/h6-9,11H,1-5H2. The Bertz CT molecular complexity index is 185. The van der Waals surface area contributed by atoms with Crippen molar-refractivity contribution in [1.82, 2.24) is 0 Å². The lowest BCUT2D eigenvalue weighted by Gasteiger charge is -2.50. The smallest absolute Gasteiger partial charge is 0.0152 e. The Morgan fingerprint density at radius 2 is 1.36 bits per heavy atom. The van der Waals surface area contributed by atoms with Crippen LogP contribution in [0.25, 0.3) is 0 Å². The van der Waals surface area contributed by atoms with Gasteiger partial charge in [-0.1, -0.05) is 0 Å². The molecule has 0 aromatic carbocycles. The summed E-state index contributed by atoms with van der Waals surface area (Å²) in [5.74, 6) is 3.50. The lowest BCUT2D eigenvalue weighted by Crippen LogP contribution is -2.45. The van der Waals surface area contributed by atoms with E-state index < -0.39 is 0 Å². The highest BCUT2D eigenvalue weighted by Gasteiger charge is 2.45. The molecule has 0 spiro atoms. The molecule has 6 fully saturated rings. The third kappa shape index (κ3) is 0.743. The first-order valence-corrected chi connectivity index (χ1v) is 4.91. The molecule has 4 bridgehead atoms. The Kier molecular flexibility index (Phi) is 1.06. The molecular formula is C10H15N. The number of rotatable bonds is 0. The topological polar surface area (TPSA) is 23.9 Å². The minimum Gasteiger partial charge on any atom is -0.309 e. The Hall–Kier alpha value is -0.330. The third-order valence-corrected chi connectivity index (χ3v) is 4.02. The second-order valence-corrected chi connectivity index (χ2v) is 4.76. The van der Waals surface area contributed by atoms with Crippen LogP contribution in [0.4, 0.5) is 0 Å². The summed E-state index contributed by atoms with van der Waals surface area (Å²) in [6, 6.07) is 0. The summed E-state index contributed by atoms with van der Waals surface area (Å²) in [7, 11) is 0. The summed E-state index contributed by atoms with van der Waals surface area (Å²) in [5.41, 5.74) is 1.11. The summed E-state index contributed by atoms with van der Waals surface area (Å²) in [4.78, 5) is 0. The highest BCUT2D eigenvalue weighted by Crippen LogP contribution is 2.51. The van der Waals surface area contributed by atoms with E-state index in [9.17, 15) is 0 Å². The van der Waals surface area contributed by atoms with Gasteiger partial charge >= 0.3 is 0 Å². The fourth-order valence-electron chi connectivity index (χ4n) is 3.28. The predicted octanol–water partition coefficient (Wildman–Crippen LogP) is 2.46. The molecule has 0 radical (unpaired) electrons. The molecule has 6 rings (SSSR count). The monoisotopic (exact) mass is 149 g/mol. The molecular weight excluding hydrogens is 134 g/mol. The first-order valence-electron chi connectivity index (χ1n) is 4.91. The summed E-state index contributed by atoms with van der Waals surface area (Å²) >= 11 is 0. The third-order valence-electron chi connectivity index (χ3n) is 4.02. The molecule has 1 N–H and O–H groups in total. The molecule has 0 aromatic rings. The van der Waals surface area contributed by atoms with Crippen molar-refractivity contribution >= 4 is 5.71 Å². The average Bonchev–Trinajstić information content (AvgIpc) is 1.79. The van der Waals surface area contributed by atoms with Crippen LogP contribution < -0.4 is 0 Å². The normalized spacial score (nSPS) is 53.6. The molecule has 2 unspecified atom stereocenters. The fourth-order valence-corrected chi connectivity index (χ4v) is 3.28. The van der Waals surface area contributed by atoms with Crippen molar-refractivity contribution in [2.75, 3.05) is 0 Å². The van der Waals surface area contributed by atoms with Gasteiger partial charge < -0.3 is 5.41 Å². The molecule has 0 heterocycles. The zero-order valence-corrected chi connectivity index (χ0v) is 6.84. The Morgan fingerprint density at radius 3 is 1.82 bits per heavy atom. The van der Waals surface area contributed by atoms with Crippen LogP contribution in [0.3, 0.4) is 0 Å². The summed E-state index contributed by atoms with van der Waals surface area (Å²) in [6.45, 7) is 0. The van der Waals surface area contributed by atoms with E-state index in [1.54, 1.807) is 0 Å². The average molecular weight is 149 g/mol. The van der Waals surface area contributed by atoms with Gasteiger partial charge in [0.05, 0.1) is 0 Å². The van der Waals surface area contributed by atoms with Crippen molar-refractivity contribution in [3.05, 3.63) is 0 Å². The van der Waals surface area contributed by atoms with Crippen molar-refractivity contribution < 1.29 is 0 Å². The van der Waals surface area contributed by atoms with E-state index in [0.29, 0.717) is 0 Å². The van der Waals surface area contributed by atoms with Gasteiger partial charge in [0.15, 0.2) is 0 Å². The van der Waals surface area contributed by atoms with E-state index in [-0.39, 0.29) is 0 Å². The highest BCUT2D eigenvalue weighted by molar-refractivity contribution is 5.91. The van der Waals surface area contributed by atoms with E-state index in [1.807, 2.05) is 0 Å². The molecule has 2 atom stereocenters. The fraction of sp³-hybridized carbons (Fsp3) is 0.900. The van der Waals surface area contributed by atoms with Gasteiger partial charge in [0, 0.05) is 5.71 Å². The van der Waals surface area contributed by atoms with Gasteiger partial charge in [-0.3, -0.25) is 0 Å². The van der Waals surface area contributed by atoms with Crippen molar-refractivity contribution in [2.45, 2.75) is 32.1 Å². The highest BCUT2D eigenvalue weighted by atomic mass is 14.6. The van der Waals surface area contributed by atoms with Crippen molar-refractivity contribution in [3.8, 4) is 0 Å². The molecule has 1 heteroatoms. The Labute approximate surface area is 67.7 Å². The minimum atomic E-state index is 0.728. The second kappa shape index (κ2) is 1.88. The van der Waals surface area contributed by atoms with Gasteiger partial charge in [0.2, 0.25) is 0 Å². The minimum absolute atomic E-state index is 0.728. The molecule has 6 aliphatic carbocycles. The van der Waals surface area contributed by atoms with Gasteiger partial charge in [0.1, 0.15) is 0 Å². The van der Waals surface area contributed by atoms with Gasteiger partial charge in [-0.2, -0.15) is 0 Å². The van der Waals surface area contributed by atoms with Crippen LogP contribution >= 0.6 is 0 Å². The second-order valence-electron chi connectivity index (χ2n) is 4.76. The Morgan fingerprint density at radius 1 is 0.818 bits per heavy atom. The van der Waals surface area contributed by atoms with Gasteiger partial charge in [-0.25, -0.2) is 0 Å². The van der Waals surface area contributed by atoms with Crippen LogP contribution in [0.1, 0.15) is 32.1 Å². The lowest BCUT2D eigenvalue weighted by atomic mass is 9.55. The molecule has 0 aliphatic heterocycles. The Balaban J connectivity index is 1.81. The van der Waals surface area contributed by atoms with E-state index >= 15 is 0 Å². The first kappa shape index (κ1) is 6.22. The molecule has 1 nitrogen and oxygen atoms in total. The quantitative estimate of drug-likeness (QED) is 0.547. The first-order chi connectivity index (χ1) is 5.33. The van der Waals surface area contributed by atoms with E-state index in [4.69, 9.17) is 5.41 Å². The number of nitrogens with one attached hydrogen (secondary N) is 1. The maximum atomic E-state index is 7.79. The maximum Gasteiger partial charge on any atom is 0.0152 e. The van der Waals surface area contributed by atoms with Gasteiger partial charge in [-0.05, 0) is 55.8 Å². The summed E-state index contributed by atoms with van der Waals surface area (Å²) < 4.78 is 0. The van der Waals surface area contributed by atoms with Crippen LogP contribution in [0.15, 0.2) is 0 Å². The summed E-state index contributed by atoms with van der Waals surface area (Å²) in [6.07, 6.45) is 7.10. The molecule has 0 amide bonds. The van der Waals surface area contributed by atoms with Crippen LogP contribution in [-0.4, -0.2) is 5.71 Å². The largest absolute Gasteiger partial charge is 0.309 e. The number of hydrogen-bond donors (Lipinski definition) is 1. The maximum absolute atomic E-state index is 7.79. The van der Waals surface area contributed by atoms with Crippen molar-refractivity contribution in [3.63, 3.8) is 0 Å². The van der Waals surface area contributed by atoms with Crippen LogP contribution in [-0.2, 0) is 0 Å². The summed E-state index contributed by atoms with van der Waals surface area (Å²) in [5, 5.41) is 7.79.